The zero-order chi connectivity index (χ0) is 14.8. The summed E-state index contributed by atoms with van der Waals surface area (Å²) in [6.07, 6.45) is 3.23. The molecule has 21 heavy (non-hydrogen) atoms. The van der Waals surface area contributed by atoms with Gasteiger partial charge in [0.15, 0.2) is 0 Å². The van der Waals surface area contributed by atoms with E-state index < -0.39 is 0 Å². The summed E-state index contributed by atoms with van der Waals surface area (Å²) < 4.78 is 4.11. The summed E-state index contributed by atoms with van der Waals surface area (Å²) in [6.45, 7) is 0.789. The molecule has 0 spiro atoms. The van der Waals surface area contributed by atoms with Gasteiger partial charge in [0.25, 0.3) is 0 Å². The van der Waals surface area contributed by atoms with Crippen LogP contribution in [0.2, 0.25) is 5.02 Å². The van der Waals surface area contributed by atoms with Gasteiger partial charge in [0, 0.05) is 37.3 Å². The lowest BCUT2D eigenvalue weighted by molar-refractivity contribution is 0.637. The molecule has 2 aromatic heterocycles. The molecule has 0 saturated carbocycles. The molecule has 0 bridgehead atoms. The Hall–Kier alpha value is -1.59. The fourth-order valence-corrected chi connectivity index (χ4v) is 2.76. The van der Waals surface area contributed by atoms with Crippen LogP contribution in [0.1, 0.15) is 11.6 Å². The van der Waals surface area contributed by atoms with Gasteiger partial charge in [-0.1, -0.05) is 11.6 Å². The second-order valence-electron chi connectivity index (χ2n) is 4.86. The zero-order valence-electron chi connectivity index (χ0n) is 11.6. The maximum Gasteiger partial charge on any atom is 0.134 e. The van der Waals surface area contributed by atoms with Gasteiger partial charge in [-0.2, -0.15) is 0 Å². The van der Waals surface area contributed by atoms with Crippen LogP contribution in [0.4, 0.5) is 0 Å². The number of aromatic nitrogens is 5. The highest BCUT2D eigenvalue weighted by molar-refractivity contribution is 6.31. The number of alkyl halides is 1. The Morgan fingerprint density at radius 3 is 2.76 bits per heavy atom. The van der Waals surface area contributed by atoms with Crippen molar-refractivity contribution in [3.63, 3.8) is 0 Å². The number of aryl methyl sites for hydroxylation is 4. The largest absolute Gasteiger partial charge is 0.327 e. The maximum atomic E-state index is 6.04. The molecule has 110 valence electrons. The normalized spacial score (nSPS) is 11.4. The maximum absolute atomic E-state index is 6.04. The molecule has 1 aromatic carbocycles. The van der Waals surface area contributed by atoms with E-state index >= 15 is 0 Å². The first-order valence-electron chi connectivity index (χ1n) is 6.72. The molecule has 0 fully saturated rings. The van der Waals surface area contributed by atoms with Crippen LogP contribution in [0.3, 0.4) is 0 Å². The third-order valence-electron chi connectivity index (χ3n) is 3.47. The number of hydrogen-bond donors (Lipinski definition) is 0. The quantitative estimate of drug-likeness (QED) is 0.678. The number of fused-ring (bicyclic) bond motifs is 1. The molecular weight excluding hydrogens is 309 g/mol. The summed E-state index contributed by atoms with van der Waals surface area (Å²) in [5.74, 6) is 2.47. The summed E-state index contributed by atoms with van der Waals surface area (Å²) in [6, 6.07) is 5.77. The first kappa shape index (κ1) is 14.4. The van der Waals surface area contributed by atoms with Crippen molar-refractivity contribution in [1.82, 2.24) is 24.3 Å². The average molecular weight is 324 g/mol. The van der Waals surface area contributed by atoms with Crippen LogP contribution in [0.15, 0.2) is 24.5 Å². The molecule has 2 heterocycles. The molecule has 7 heteroatoms. The number of rotatable bonds is 5. The van der Waals surface area contributed by atoms with E-state index in [0.717, 1.165) is 42.1 Å². The van der Waals surface area contributed by atoms with Gasteiger partial charge in [-0.15, -0.1) is 21.8 Å². The van der Waals surface area contributed by atoms with Crippen LogP contribution in [-0.4, -0.2) is 30.2 Å². The lowest BCUT2D eigenvalue weighted by Crippen LogP contribution is -2.09. The van der Waals surface area contributed by atoms with Crippen molar-refractivity contribution in [2.45, 2.75) is 19.4 Å². The van der Waals surface area contributed by atoms with Gasteiger partial charge in [0.1, 0.15) is 18.0 Å². The van der Waals surface area contributed by atoms with E-state index in [1.807, 2.05) is 29.8 Å². The lowest BCUT2D eigenvalue weighted by Gasteiger charge is -2.08. The summed E-state index contributed by atoms with van der Waals surface area (Å²) in [7, 11) is 1.95. The number of nitrogens with zero attached hydrogens (tertiary/aromatic N) is 5. The minimum absolute atomic E-state index is 0.543. The molecule has 0 aliphatic rings. The molecule has 0 saturated heterocycles. The minimum Gasteiger partial charge on any atom is -0.327 e. The summed E-state index contributed by atoms with van der Waals surface area (Å²) in [5.41, 5.74) is 1.97. The van der Waals surface area contributed by atoms with E-state index in [4.69, 9.17) is 23.2 Å². The monoisotopic (exact) mass is 323 g/mol. The van der Waals surface area contributed by atoms with E-state index in [1.165, 1.54) is 0 Å². The van der Waals surface area contributed by atoms with Crippen LogP contribution in [0, 0.1) is 0 Å². The molecule has 3 aromatic rings. The third-order valence-corrected chi connectivity index (χ3v) is 3.90. The molecule has 0 amide bonds. The predicted octanol–water partition coefficient (Wildman–Crippen LogP) is 2.84. The van der Waals surface area contributed by atoms with Crippen LogP contribution in [0.5, 0.6) is 0 Å². The Balaban J connectivity index is 1.95. The van der Waals surface area contributed by atoms with Crippen molar-refractivity contribution in [2.75, 3.05) is 5.88 Å². The van der Waals surface area contributed by atoms with Crippen LogP contribution in [0.25, 0.3) is 11.0 Å². The first-order chi connectivity index (χ1) is 10.2. The fourth-order valence-electron chi connectivity index (χ4n) is 2.42. The van der Waals surface area contributed by atoms with E-state index in [0.29, 0.717) is 10.9 Å². The molecule has 3 rings (SSSR count). The highest BCUT2D eigenvalue weighted by Gasteiger charge is 2.12. The minimum atomic E-state index is 0.543. The SMILES string of the molecule is Cn1cnnc1CCn1c(CCCl)nc2cc(Cl)ccc21. The van der Waals surface area contributed by atoms with Gasteiger partial charge >= 0.3 is 0 Å². The summed E-state index contributed by atoms with van der Waals surface area (Å²) in [5, 5.41) is 8.71. The highest BCUT2D eigenvalue weighted by Crippen LogP contribution is 2.21. The van der Waals surface area contributed by atoms with Gasteiger partial charge in [-0.05, 0) is 18.2 Å². The smallest absolute Gasteiger partial charge is 0.134 e. The van der Waals surface area contributed by atoms with Crippen LogP contribution < -0.4 is 0 Å². The Morgan fingerprint density at radius 2 is 2.05 bits per heavy atom. The van der Waals surface area contributed by atoms with Crippen LogP contribution >= 0.6 is 23.2 Å². The van der Waals surface area contributed by atoms with E-state index in [9.17, 15) is 0 Å². The van der Waals surface area contributed by atoms with Crippen molar-refractivity contribution < 1.29 is 0 Å². The second-order valence-corrected chi connectivity index (χ2v) is 5.67. The van der Waals surface area contributed by atoms with Gasteiger partial charge in [-0.25, -0.2) is 4.98 Å². The van der Waals surface area contributed by atoms with Crippen molar-refractivity contribution in [2.24, 2.45) is 7.05 Å². The van der Waals surface area contributed by atoms with E-state index in [1.54, 1.807) is 6.33 Å². The molecule has 0 unspecified atom stereocenters. The first-order valence-corrected chi connectivity index (χ1v) is 7.64. The van der Waals surface area contributed by atoms with Gasteiger partial charge < -0.3 is 9.13 Å². The Labute approximate surface area is 132 Å². The molecule has 0 atom stereocenters. The van der Waals surface area contributed by atoms with Gasteiger partial charge in [-0.3, -0.25) is 0 Å². The fraction of sp³-hybridized carbons (Fsp3) is 0.357. The Kier molecular flexibility index (Phi) is 4.12. The van der Waals surface area contributed by atoms with E-state index in [2.05, 4.69) is 19.7 Å². The Bertz CT molecular complexity index is 762. The van der Waals surface area contributed by atoms with Crippen molar-refractivity contribution >= 4 is 34.2 Å². The van der Waals surface area contributed by atoms with Gasteiger partial charge in [0.2, 0.25) is 0 Å². The number of benzene rings is 1. The standard InChI is InChI=1S/C14H15Cl2N5/c1-20-9-17-19-14(20)5-7-21-12-3-2-10(16)8-11(12)18-13(21)4-6-15/h2-3,8-9H,4-7H2,1H3. The van der Waals surface area contributed by atoms with Crippen molar-refractivity contribution in [3.8, 4) is 0 Å². The van der Waals surface area contributed by atoms with E-state index in [-0.39, 0.29) is 0 Å². The number of halogens is 2. The summed E-state index contributed by atoms with van der Waals surface area (Å²) >= 11 is 11.9. The van der Waals surface area contributed by atoms with Crippen molar-refractivity contribution in [1.29, 1.82) is 0 Å². The zero-order valence-corrected chi connectivity index (χ0v) is 13.1. The molecule has 0 aliphatic carbocycles. The molecule has 5 nitrogen and oxygen atoms in total. The molecule has 0 N–H and O–H groups in total. The number of hydrogen-bond acceptors (Lipinski definition) is 3. The molecular formula is C14H15Cl2N5. The lowest BCUT2D eigenvalue weighted by atomic mass is 10.3. The Morgan fingerprint density at radius 1 is 1.19 bits per heavy atom. The number of imidazole rings is 1. The summed E-state index contributed by atoms with van der Waals surface area (Å²) in [4.78, 5) is 4.64. The van der Waals surface area contributed by atoms with Crippen molar-refractivity contribution in [3.05, 3.63) is 41.2 Å². The third kappa shape index (κ3) is 2.89. The predicted molar refractivity (Wildman–Crippen MR) is 83.9 cm³/mol. The van der Waals surface area contributed by atoms with Gasteiger partial charge in [0.05, 0.1) is 11.0 Å². The highest BCUT2D eigenvalue weighted by atomic mass is 35.5. The molecule has 0 radical (unpaired) electrons. The van der Waals surface area contributed by atoms with Crippen LogP contribution in [-0.2, 0) is 26.4 Å². The molecule has 0 aliphatic heterocycles. The second kappa shape index (κ2) is 6.03. The topological polar surface area (TPSA) is 48.5 Å². The average Bonchev–Trinajstić information content (AvgIpc) is 3.00.